The first kappa shape index (κ1) is 17.9. The van der Waals surface area contributed by atoms with Gasteiger partial charge in [0, 0.05) is 10.1 Å². The molecule has 0 radical (unpaired) electrons. The van der Waals surface area contributed by atoms with Gasteiger partial charge in [-0.1, -0.05) is 56.6 Å². The highest BCUT2D eigenvalue weighted by atomic mass is 35.5. The van der Waals surface area contributed by atoms with Gasteiger partial charge in [-0.25, -0.2) is 9.18 Å². The zero-order valence-electron chi connectivity index (χ0n) is 14.2. The summed E-state index contributed by atoms with van der Waals surface area (Å²) in [5, 5.41) is 0.975. The highest BCUT2D eigenvalue weighted by Crippen LogP contribution is 2.36. The molecule has 3 aromatic rings. The molecule has 0 bridgehead atoms. The molecule has 0 amide bonds. The first-order chi connectivity index (χ1) is 11.8. The Bertz CT molecular complexity index is 923. The Morgan fingerprint density at radius 2 is 1.84 bits per heavy atom. The molecule has 0 fully saturated rings. The first-order valence-electron chi connectivity index (χ1n) is 7.90. The second-order valence-electron chi connectivity index (χ2n) is 6.91. The van der Waals surface area contributed by atoms with Crippen molar-refractivity contribution in [2.75, 3.05) is 0 Å². The Kier molecular flexibility index (Phi) is 4.85. The van der Waals surface area contributed by atoms with Crippen LogP contribution in [0.2, 0.25) is 5.02 Å². The van der Waals surface area contributed by atoms with Crippen molar-refractivity contribution in [3.8, 4) is 0 Å². The van der Waals surface area contributed by atoms with Crippen molar-refractivity contribution in [2.45, 2.75) is 32.8 Å². The molecule has 0 unspecified atom stereocenters. The lowest BCUT2D eigenvalue weighted by atomic mass is 9.87. The van der Waals surface area contributed by atoms with Crippen LogP contribution in [-0.4, -0.2) is 5.97 Å². The molecule has 0 aliphatic heterocycles. The first-order valence-corrected chi connectivity index (χ1v) is 9.09. The monoisotopic (exact) mass is 376 g/mol. The number of ether oxygens (including phenoxy) is 1. The minimum atomic E-state index is -0.494. The smallest absolute Gasteiger partial charge is 0.350 e. The van der Waals surface area contributed by atoms with Crippen LogP contribution in [-0.2, 0) is 16.8 Å². The Balaban J connectivity index is 1.74. The summed E-state index contributed by atoms with van der Waals surface area (Å²) < 4.78 is 19.3. The van der Waals surface area contributed by atoms with E-state index < -0.39 is 5.97 Å². The third-order valence-electron chi connectivity index (χ3n) is 3.97. The largest absolute Gasteiger partial charge is 0.457 e. The zero-order chi connectivity index (χ0) is 18.2. The van der Waals surface area contributed by atoms with Gasteiger partial charge in [-0.15, -0.1) is 11.3 Å². The van der Waals surface area contributed by atoms with E-state index >= 15 is 0 Å². The van der Waals surface area contributed by atoms with E-state index in [0.29, 0.717) is 20.0 Å². The number of fused-ring (bicyclic) bond motifs is 1. The molecular weight excluding hydrogens is 359 g/mol. The summed E-state index contributed by atoms with van der Waals surface area (Å²) in [5.74, 6) is -0.851. The summed E-state index contributed by atoms with van der Waals surface area (Å²) in [6.07, 6.45) is 0. The van der Waals surface area contributed by atoms with Gasteiger partial charge in [0.25, 0.3) is 0 Å². The fourth-order valence-corrected chi connectivity index (χ4v) is 3.91. The fraction of sp³-hybridized carbons (Fsp3) is 0.250. The Labute approximate surface area is 155 Å². The number of benzene rings is 2. The molecule has 1 aromatic heterocycles. The molecule has 130 valence electrons. The maximum atomic E-state index is 13.3. The lowest BCUT2D eigenvalue weighted by Crippen LogP contribution is -2.11. The number of halogens is 2. The molecule has 1 heterocycles. The molecule has 0 saturated heterocycles. The highest BCUT2D eigenvalue weighted by Gasteiger charge is 2.19. The number of hydrogen-bond acceptors (Lipinski definition) is 3. The molecule has 5 heteroatoms. The summed E-state index contributed by atoms with van der Waals surface area (Å²) in [5.41, 5.74) is 2.21. The van der Waals surface area contributed by atoms with Gasteiger partial charge in [-0.3, -0.25) is 0 Å². The van der Waals surface area contributed by atoms with Crippen LogP contribution >= 0.6 is 22.9 Å². The molecule has 0 aliphatic carbocycles. The molecule has 0 saturated carbocycles. The van der Waals surface area contributed by atoms with Gasteiger partial charge in [0.15, 0.2) is 0 Å². The van der Waals surface area contributed by atoms with Crippen molar-refractivity contribution in [1.29, 1.82) is 0 Å². The molecule has 0 aliphatic rings. The van der Waals surface area contributed by atoms with E-state index in [1.807, 2.05) is 24.3 Å². The maximum Gasteiger partial charge on any atom is 0.350 e. The quantitative estimate of drug-likeness (QED) is 0.498. The molecule has 0 atom stereocenters. The zero-order valence-corrected chi connectivity index (χ0v) is 15.8. The number of hydrogen-bond donors (Lipinski definition) is 0. The Morgan fingerprint density at radius 1 is 1.16 bits per heavy atom. The van der Waals surface area contributed by atoms with Gasteiger partial charge in [-0.05, 0) is 34.7 Å². The molecule has 0 N–H and O–H groups in total. The third-order valence-corrected chi connectivity index (χ3v) is 5.60. The Hall–Kier alpha value is -1.91. The highest BCUT2D eigenvalue weighted by molar-refractivity contribution is 7.21. The average Bonchev–Trinajstić information content (AvgIpc) is 2.88. The summed E-state index contributed by atoms with van der Waals surface area (Å²) in [6, 6.07) is 12.3. The lowest BCUT2D eigenvalue weighted by Gasteiger charge is -2.19. The van der Waals surface area contributed by atoms with E-state index in [1.165, 1.54) is 17.7 Å². The van der Waals surface area contributed by atoms with E-state index in [-0.39, 0.29) is 17.8 Å². The van der Waals surface area contributed by atoms with E-state index in [1.54, 1.807) is 6.07 Å². The molecule has 3 rings (SSSR count). The number of rotatable bonds is 3. The van der Waals surface area contributed by atoms with Crippen molar-refractivity contribution >= 4 is 39.0 Å². The second kappa shape index (κ2) is 6.77. The lowest BCUT2D eigenvalue weighted by molar-refractivity contribution is 0.0479. The van der Waals surface area contributed by atoms with E-state index in [0.717, 1.165) is 16.9 Å². The number of thiophene rings is 1. The topological polar surface area (TPSA) is 26.3 Å². The summed E-state index contributed by atoms with van der Waals surface area (Å²) in [7, 11) is 0. The van der Waals surface area contributed by atoms with Gasteiger partial charge < -0.3 is 4.74 Å². The fourth-order valence-electron chi connectivity index (χ4n) is 2.49. The van der Waals surface area contributed by atoms with Crippen LogP contribution in [0, 0.1) is 5.82 Å². The van der Waals surface area contributed by atoms with Crippen molar-refractivity contribution in [3.05, 3.63) is 69.3 Å². The Morgan fingerprint density at radius 3 is 2.48 bits per heavy atom. The number of esters is 1. The molecule has 2 aromatic carbocycles. The molecule has 2 nitrogen and oxygen atoms in total. The standard InChI is InChI=1S/C20H18ClFO2S/c1-20(2,3)13-6-4-12(5-7-13)11-24-19(23)18-17(21)15-9-8-14(22)10-16(15)25-18/h4-10H,11H2,1-3H3. The minimum Gasteiger partial charge on any atom is -0.457 e. The van der Waals surface area contributed by atoms with E-state index in [2.05, 4.69) is 20.8 Å². The third kappa shape index (κ3) is 3.86. The van der Waals surface area contributed by atoms with E-state index in [9.17, 15) is 9.18 Å². The van der Waals surface area contributed by atoms with Gasteiger partial charge >= 0.3 is 5.97 Å². The van der Waals surface area contributed by atoms with Gasteiger partial charge in [0.1, 0.15) is 17.3 Å². The summed E-state index contributed by atoms with van der Waals surface area (Å²) in [4.78, 5) is 12.6. The number of carbonyl (C=O) groups is 1. The summed E-state index contributed by atoms with van der Waals surface area (Å²) >= 11 is 7.38. The van der Waals surface area contributed by atoms with Crippen LogP contribution in [0.25, 0.3) is 10.1 Å². The van der Waals surface area contributed by atoms with Crippen molar-refractivity contribution in [1.82, 2.24) is 0 Å². The minimum absolute atomic E-state index is 0.0785. The average molecular weight is 377 g/mol. The van der Waals surface area contributed by atoms with Gasteiger partial charge in [0.2, 0.25) is 0 Å². The summed E-state index contributed by atoms with van der Waals surface area (Å²) in [6.45, 7) is 6.61. The second-order valence-corrected chi connectivity index (χ2v) is 8.34. The van der Waals surface area contributed by atoms with Crippen LogP contribution in [0.3, 0.4) is 0 Å². The van der Waals surface area contributed by atoms with Crippen LogP contribution in [0.1, 0.15) is 41.6 Å². The predicted molar refractivity (Wildman–Crippen MR) is 101 cm³/mol. The van der Waals surface area contributed by atoms with Gasteiger partial charge in [0.05, 0.1) is 5.02 Å². The predicted octanol–water partition coefficient (Wildman–Crippen LogP) is 6.35. The normalized spacial score (nSPS) is 11.7. The molecule has 0 spiro atoms. The van der Waals surface area contributed by atoms with Crippen molar-refractivity contribution in [3.63, 3.8) is 0 Å². The van der Waals surface area contributed by atoms with Crippen molar-refractivity contribution < 1.29 is 13.9 Å². The molecular formula is C20H18ClFO2S. The number of carbonyl (C=O) groups excluding carboxylic acids is 1. The van der Waals surface area contributed by atoms with Crippen LogP contribution in [0.15, 0.2) is 42.5 Å². The van der Waals surface area contributed by atoms with Crippen LogP contribution in [0.5, 0.6) is 0 Å². The molecule has 25 heavy (non-hydrogen) atoms. The van der Waals surface area contributed by atoms with Crippen molar-refractivity contribution in [2.24, 2.45) is 0 Å². The SMILES string of the molecule is CC(C)(C)c1ccc(COC(=O)c2sc3cc(F)ccc3c2Cl)cc1. The van der Waals surface area contributed by atoms with E-state index in [4.69, 9.17) is 16.3 Å². The van der Waals surface area contributed by atoms with Crippen LogP contribution < -0.4 is 0 Å². The van der Waals surface area contributed by atoms with Gasteiger partial charge in [-0.2, -0.15) is 0 Å². The van der Waals surface area contributed by atoms with Crippen LogP contribution in [0.4, 0.5) is 4.39 Å². The maximum absolute atomic E-state index is 13.3.